The minimum Gasteiger partial charge on any atom is -0.481 e. The van der Waals surface area contributed by atoms with Gasteiger partial charge >= 0.3 is 11.9 Å². The molecule has 0 bridgehead atoms. The lowest BCUT2D eigenvalue weighted by molar-refractivity contribution is -0.140. The molecule has 2 aromatic heterocycles. The van der Waals surface area contributed by atoms with Gasteiger partial charge in [0.25, 0.3) is 11.5 Å². The second-order valence-corrected chi connectivity index (χ2v) is 7.40. The average Bonchev–Trinajstić information content (AvgIpc) is 3.20. The third-order valence-corrected chi connectivity index (χ3v) is 5.03. The van der Waals surface area contributed by atoms with Crippen LogP contribution in [0.15, 0.2) is 35.1 Å². The minimum atomic E-state index is -1.34. The molecule has 3 rings (SSSR count). The molecule has 0 aliphatic rings. The molecule has 0 aliphatic carbocycles. The lowest BCUT2D eigenvalue weighted by atomic mass is 10.1. The van der Waals surface area contributed by atoms with Crippen molar-refractivity contribution >= 4 is 46.9 Å². The van der Waals surface area contributed by atoms with E-state index in [1.165, 1.54) is 29.2 Å². The number of rotatable bonds is 11. The van der Waals surface area contributed by atoms with E-state index in [1.807, 2.05) is 0 Å². The van der Waals surface area contributed by atoms with Gasteiger partial charge in [0.1, 0.15) is 11.7 Å². The largest absolute Gasteiger partial charge is 0.481 e. The van der Waals surface area contributed by atoms with Gasteiger partial charge < -0.3 is 31.1 Å². The summed E-state index contributed by atoms with van der Waals surface area (Å²) in [4.78, 5) is 68.6. The first kappa shape index (κ1) is 24.0. The summed E-state index contributed by atoms with van der Waals surface area (Å²) in [7, 11) is 0. The Balaban J connectivity index is 1.65. The van der Waals surface area contributed by atoms with Crippen molar-refractivity contribution in [2.75, 3.05) is 17.2 Å². The fourth-order valence-electron chi connectivity index (χ4n) is 3.28. The molecule has 0 saturated heterocycles. The highest BCUT2D eigenvalue weighted by molar-refractivity contribution is 5.97. The zero-order valence-corrected chi connectivity index (χ0v) is 17.8. The predicted molar refractivity (Wildman–Crippen MR) is 120 cm³/mol. The second-order valence-electron chi connectivity index (χ2n) is 7.40. The summed E-state index contributed by atoms with van der Waals surface area (Å²) in [6, 6.07) is 6.17. The summed E-state index contributed by atoms with van der Waals surface area (Å²) < 4.78 is 0. The third-order valence-electron chi connectivity index (χ3n) is 5.03. The number of carboxylic acid groups (broad SMARTS) is 2. The Kier molecular flexibility index (Phi) is 7.26. The van der Waals surface area contributed by atoms with Crippen LogP contribution in [0.1, 0.15) is 28.9 Å². The number of carbonyl (C=O) groups is 4. The van der Waals surface area contributed by atoms with E-state index in [1.54, 1.807) is 6.07 Å². The smallest absolute Gasteiger partial charge is 0.326 e. The van der Waals surface area contributed by atoms with Crippen molar-refractivity contribution in [1.29, 1.82) is 0 Å². The van der Waals surface area contributed by atoms with Crippen LogP contribution in [0.5, 0.6) is 0 Å². The summed E-state index contributed by atoms with van der Waals surface area (Å²) in [5.74, 6) is -3.20. The number of H-pyrrole nitrogens is 2. The molecule has 13 nitrogen and oxygen atoms in total. The first-order valence-corrected chi connectivity index (χ1v) is 10.1. The van der Waals surface area contributed by atoms with Crippen LogP contribution in [0.3, 0.4) is 0 Å². The summed E-state index contributed by atoms with van der Waals surface area (Å²) in [6.45, 7) is 0.255. The highest BCUT2D eigenvalue weighted by atomic mass is 16.4. The molecular weight excluding hydrogens is 448 g/mol. The van der Waals surface area contributed by atoms with Crippen LogP contribution in [0, 0.1) is 0 Å². The molecule has 0 unspecified atom stereocenters. The van der Waals surface area contributed by atoms with Crippen LogP contribution < -0.4 is 21.5 Å². The summed E-state index contributed by atoms with van der Waals surface area (Å²) >= 11 is 0. The van der Waals surface area contributed by atoms with E-state index in [0.29, 0.717) is 35.2 Å². The van der Waals surface area contributed by atoms with Crippen molar-refractivity contribution in [3.63, 3.8) is 0 Å². The molecule has 7 N–H and O–H groups in total. The molecular formula is C21H22N6O7. The Morgan fingerprint density at radius 2 is 1.88 bits per heavy atom. The van der Waals surface area contributed by atoms with Crippen LogP contribution in [-0.4, -0.2) is 62.0 Å². The monoisotopic (exact) mass is 470 g/mol. The van der Waals surface area contributed by atoms with Crippen molar-refractivity contribution < 1.29 is 29.4 Å². The van der Waals surface area contributed by atoms with E-state index < -0.39 is 30.3 Å². The lowest BCUT2D eigenvalue weighted by Gasteiger charge is -2.18. The molecule has 0 saturated carbocycles. The number of nitrogens with two attached hydrogens (primary N) is 1. The maximum atomic E-state index is 12.4. The summed E-state index contributed by atoms with van der Waals surface area (Å²) in [6.07, 6.45) is 0.335. The number of hydrogen-bond donors (Lipinski definition) is 6. The number of fused-ring (bicyclic) bond motifs is 1. The number of aliphatic carboxylic acids is 2. The minimum absolute atomic E-state index is 0.0129. The number of aromatic amines is 2. The highest BCUT2D eigenvalue weighted by Crippen LogP contribution is 2.16. The lowest BCUT2D eigenvalue weighted by Crippen LogP contribution is -2.41. The van der Waals surface area contributed by atoms with Crippen LogP contribution >= 0.6 is 0 Å². The first-order valence-electron chi connectivity index (χ1n) is 10.1. The second kappa shape index (κ2) is 10.3. The fourth-order valence-corrected chi connectivity index (χ4v) is 3.28. The normalized spacial score (nSPS) is 11.6. The van der Waals surface area contributed by atoms with Gasteiger partial charge in [0.05, 0.1) is 5.39 Å². The molecule has 0 radical (unpaired) electrons. The molecule has 2 amide bonds. The Morgan fingerprint density at radius 3 is 2.50 bits per heavy atom. The number of anilines is 2. The number of amides is 2. The van der Waals surface area contributed by atoms with E-state index in [0.717, 1.165) is 0 Å². The number of nitrogen functional groups attached to an aromatic ring is 1. The highest BCUT2D eigenvalue weighted by Gasteiger charge is 2.21. The van der Waals surface area contributed by atoms with Crippen LogP contribution in [-0.2, 0) is 20.8 Å². The quantitative estimate of drug-likeness (QED) is 0.209. The molecule has 0 spiro atoms. The Morgan fingerprint density at radius 1 is 1.18 bits per heavy atom. The number of benzene rings is 1. The van der Waals surface area contributed by atoms with Gasteiger partial charge in [0, 0.05) is 36.3 Å². The Hall–Kier alpha value is -4.68. The van der Waals surface area contributed by atoms with Gasteiger partial charge in [-0.1, -0.05) is 0 Å². The maximum Gasteiger partial charge on any atom is 0.326 e. The predicted octanol–water partition coefficient (Wildman–Crippen LogP) is 0.0867. The number of hydrogen-bond acceptors (Lipinski definition) is 7. The number of nitrogens with zero attached hydrogens (tertiary/aromatic N) is 2. The molecule has 178 valence electrons. The van der Waals surface area contributed by atoms with Gasteiger partial charge in [-0.2, -0.15) is 4.98 Å². The van der Waals surface area contributed by atoms with Gasteiger partial charge in [-0.3, -0.25) is 24.2 Å². The van der Waals surface area contributed by atoms with Gasteiger partial charge in [-0.25, -0.2) is 4.79 Å². The Labute approximate surface area is 191 Å². The van der Waals surface area contributed by atoms with E-state index in [9.17, 15) is 29.1 Å². The number of aromatic nitrogens is 3. The maximum absolute atomic E-state index is 12.4. The van der Waals surface area contributed by atoms with Crippen LogP contribution in [0.2, 0.25) is 0 Å². The zero-order chi connectivity index (χ0) is 24.8. The number of carboxylic acids is 2. The number of carbonyl (C=O) groups excluding carboxylic acids is 2. The van der Waals surface area contributed by atoms with E-state index in [4.69, 9.17) is 10.8 Å². The third kappa shape index (κ3) is 5.76. The van der Waals surface area contributed by atoms with Gasteiger partial charge in [-0.15, -0.1) is 0 Å². The summed E-state index contributed by atoms with van der Waals surface area (Å²) in [5, 5.41) is 20.5. The zero-order valence-electron chi connectivity index (χ0n) is 17.8. The molecule has 0 aliphatic heterocycles. The van der Waals surface area contributed by atoms with Crippen molar-refractivity contribution in [2.24, 2.45) is 0 Å². The van der Waals surface area contributed by atoms with E-state index in [-0.39, 0.29) is 30.0 Å². The fraction of sp³-hybridized carbons (Fsp3) is 0.238. The molecule has 3 aromatic rings. The average molecular weight is 470 g/mol. The standard InChI is InChI=1S/C21H22N6O7/c22-21-25-17-14(19(32)26-21)9-12(23-17)7-8-27(10-28)13-3-1-11(2-4-13)18(31)24-15(20(33)34)5-6-16(29)30/h1-4,9-10,15H,5-8H2,(H,24,31)(H,29,30)(H,33,34)(H4,22,23,25,26,32)/t15-/m0/s1. The molecule has 13 heteroatoms. The molecule has 0 fully saturated rings. The van der Waals surface area contributed by atoms with Crippen LogP contribution in [0.4, 0.5) is 11.6 Å². The van der Waals surface area contributed by atoms with Gasteiger partial charge in [0.2, 0.25) is 12.4 Å². The Bertz CT molecular complexity index is 1280. The van der Waals surface area contributed by atoms with Crippen LogP contribution in [0.25, 0.3) is 11.0 Å². The van der Waals surface area contributed by atoms with Gasteiger partial charge in [-0.05, 0) is 36.8 Å². The van der Waals surface area contributed by atoms with E-state index in [2.05, 4.69) is 20.3 Å². The van der Waals surface area contributed by atoms with Crippen molar-refractivity contribution in [1.82, 2.24) is 20.3 Å². The van der Waals surface area contributed by atoms with Crippen molar-refractivity contribution in [2.45, 2.75) is 25.3 Å². The molecule has 34 heavy (non-hydrogen) atoms. The SMILES string of the molecule is Nc1nc2[nH]c(CCN(C=O)c3ccc(C(=O)N[C@@H](CCC(=O)O)C(=O)O)cc3)cc2c(=O)[nH]1. The van der Waals surface area contributed by atoms with Crippen molar-refractivity contribution in [3.05, 3.63) is 51.9 Å². The summed E-state index contributed by atoms with van der Waals surface area (Å²) in [5.41, 5.74) is 6.80. The van der Waals surface area contributed by atoms with Crippen molar-refractivity contribution in [3.8, 4) is 0 Å². The molecule has 1 aromatic carbocycles. The molecule has 2 heterocycles. The van der Waals surface area contributed by atoms with Gasteiger partial charge in [0.15, 0.2) is 0 Å². The number of nitrogens with one attached hydrogen (secondary N) is 3. The van der Waals surface area contributed by atoms with E-state index >= 15 is 0 Å². The molecule has 1 atom stereocenters. The first-order chi connectivity index (χ1) is 16.2. The topological polar surface area (TPSA) is 212 Å².